The minimum Gasteiger partial charge on any atom is -0.394 e. The molecule has 1 aromatic carbocycles. The molecule has 0 amide bonds. The zero-order chi connectivity index (χ0) is 20.1. The first kappa shape index (κ1) is 19.1. The number of anilines is 1. The molecule has 4 rings (SSSR count). The minimum absolute atomic E-state index is 0.0679. The lowest BCUT2D eigenvalue weighted by Gasteiger charge is -2.15. The van der Waals surface area contributed by atoms with Gasteiger partial charge >= 0.3 is 0 Å². The molecule has 0 fully saturated rings. The molecule has 7 nitrogen and oxygen atoms in total. The molecular formula is C21H20N6OS. The number of aromatic nitrogens is 4. The highest BCUT2D eigenvalue weighted by Crippen LogP contribution is 2.32. The van der Waals surface area contributed by atoms with Crippen LogP contribution >= 0.6 is 11.3 Å². The number of fused-ring (bicyclic) bond motifs is 1. The number of nitriles is 1. The fourth-order valence-corrected chi connectivity index (χ4v) is 4.12. The second-order valence-electron chi connectivity index (χ2n) is 6.65. The third-order valence-electron chi connectivity index (χ3n) is 4.51. The van der Waals surface area contributed by atoms with E-state index in [9.17, 15) is 5.11 Å². The molecule has 0 saturated carbocycles. The molecule has 4 aromatic rings. The Hall–Kier alpha value is -3.28. The zero-order valence-corrected chi connectivity index (χ0v) is 16.5. The van der Waals surface area contributed by atoms with Crippen LogP contribution in [0.5, 0.6) is 0 Å². The highest BCUT2D eigenvalue weighted by Gasteiger charge is 2.13. The van der Waals surface area contributed by atoms with Crippen molar-refractivity contribution in [1.29, 1.82) is 5.26 Å². The summed E-state index contributed by atoms with van der Waals surface area (Å²) in [5, 5.41) is 22.9. The van der Waals surface area contributed by atoms with Crippen molar-refractivity contribution < 1.29 is 5.11 Å². The monoisotopic (exact) mass is 404 g/mol. The average Bonchev–Trinajstić information content (AvgIpc) is 3.38. The summed E-state index contributed by atoms with van der Waals surface area (Å²) >= 11 is 1.69. The highest BCUT2D eigenvalue weighted by atomic mass is 32.1. The molecule has 29 heavy (non-hydrogen) atoms. The Labute approximate surface area is 172 Å². The predicted octanol–water partition coefficient (Wildman–Crippen LogP) is 3.48. The van der Waals surface area contributed by atoms with E-state index in [4.69, 9.17) is 5.26 Å². The SMILES string of the molecule is N#CCCn1cnc(C[C@@H](CO)Nc2nccc(-c3cc4ccccc4s3)n2)c1. The molecule has 0 radical (unpaired) electrons. The smallest absolute Gasteiger partial charge is 0.223 e. The zero-order valence-electron chi connectivity index (χ0n) is 15.7. The van der Waals surface area contributed by atoms with Crippen LogP contribution in [0.3, 0.4) is 0 Å². The quantitative estimate of drug-likeness (QED) is 0.466. The van der Waals surface area contributed by atoms with Crippen LogP contribution in [0.2, 0.25) is 0 Å². The first-order valence-electron chi connectivity index (χ1n) is 9.32. The van der Waals surface area contributed by atoms with Crippen molar-refractivity contribution in [3.8, 4) is 16.6 Å². The number of rotatable bonds is 8. The van der Waals surface area contributed by atoms with E-state index in [1.54, 1.807) is 23.9 Å². The van der Waals surface area contributed by atoms with Crippen LogP contribution in [-0.2, 0) is 13.0 Å². The van der Waals surface area contributed by atoms with E-state index in [1.165, 1.54) is 10.1 Å². The van der Waals surface area contributed by atoms with Gasteiger partial charge in [-0.2, -0.15) is 5.26 Å². The molecule has 3 aromatic heterocycles. The summed E-state index contributed by atoms with van der Waals surface area (Å²) in [5.41, 5.74) is 1.69. The molecule has 3 heterocycles. The van der Waals surface area contributed by atoms with Gasteiger partial charge in [0.25, 0.3) is 0 Å². The van der Waals surface area contributed by atoms with Crippen molar-refractivity contribution in [2.45, 2.75) is 25.4 Å². The summed E-state index contributed by atoms with van der Waals surface area (Å²) in [6.07, 6.45) is 6.30. The Kier molecular flexibility index (Phi) is 5.79. The number of aliphatic hydroxyl groups excluding tert-OH is 1. The van der Waals surface area contributed by atoms with Crippen molar-refractivity contribution in [3.05, 3.63) is 60.8 Å². The number of aryl methyl sites for hydroxylation is 1. The number of aliphatic hydroxyl groups is 1. The summed E-state index contributed by atoms with van der Waals surface area (Å²) < 4.78 is 3.10. The average molecular weight is 404 g/mol. The van der Waals surface area contributed by atoms with Crippen molar-refractivity contribution in [3.63, 3.8) is 0 Å². The molecule has 0 saturated heterocycles. The summed E-state index contributed by atoms with van der Waals surface area (Å²) in [4.78, 5) is 14.4. The number of hydrogen-bond donors (Lipinski definition) is 2. The van der Waals surface area contributed by atoms with Crippen molar-refractivity contribution in [2.75, 3.05) is 11.9 Å². The van der Waals surface area contributed by atoms with E-state index in [0.29, 0.717) is 25.3 Å². The molecule has 0 aliphatic heterocycles. The molecule has 0 bridgehead atoms. The molecule has 2 N–H and O–H groups in total. The van der Waals surface area contributed by atoms with Gasteiger partial charge < -0.3 is 15.0 Å². The van der Waals surface area contributed by atoms with Gasteiger partial charge in [-0.3, -0.25) is 0 Å². The first-order chi connectivity index (χ1) is 14.2. The Bertz CT molecular complexity index is 1110. The van der Waals surface area contributed by atoms with Crippen LogP contribution in [0.4, 0.5) is 5.95 Å². The summed E-state index contributed by atoms with van der Waals surface area (Å²) in [7, 11) is 0. The third-order valence-corrected chi connectivity index (χ3v) is 5.65. The first-order valence-corrected chi connectivity index (χ1v) is 10.1. The molecule has 1 atom stereocenters. The fourth-order valence-electron chi connectivity index (χ4n) is 3.08. The Morgan fingerprint density at radius 2 is 2.14 bits per heavy atom. The molecule has 0 aliphatic rings. The van der Waals surface area contributed by atoms with Crippen LogP contribution in [0, 0.1) is 11.3 Å². The van der Waals surface area contributed by atoms with Crippen molar-refractivity contribution >= 4 is 27.4 Å². The summed E-state index contributed by atoms with van der Waals surface area (Å²) in [5.74, 6) is 0.475. The fraction of sp³-hybridized carbons (Fsp3) is 0.238. The van der Waals surface area contributed by atoms with E-state index in [1.807, 2.05) is 29.0 Å². The lowest BCUT2D eigenvalue weighted by molar-refractivity contribution is 0.272. The topological polar surface area (TPSA) is 99.7 Å². The molecule has 0 unspecified atom stereocenters. The van der Waals surface area contributed by atoms with E-state index in [0.717, 1.165) is 16.3 Å². The van der Waals surface area contributed by atoms with E-state index in [-0.39, 0.29) is 12.6 Å². The maximum Gasteiger partial charge on any atom is 0.223 e. The van der Waals surface area contributed by atoms with Crippen molar-refractivity contribution in [1.82, 2.24) is 19.5 Å². The second-order valence-corrected chi connectivity index (χ2v) is 7.74. The minimum atomic E-state index is -0.257. The lowest BCUT2D eigenvalue weighted by atomic mass is 10.2. The van der Waals surface area contributed by atoms with E-state index >= 15 is 0 Å². The van der Waals surface area contributed by atoms with Gasteiger partial charge in [-0.1, -0.05) is 18.2 Å². The van der Waals surface area contributed by atoms with E-state index < -0.39 is 0 Å². The van der Waals surface area contributed by atoms with E-state index in [2.05, 4.69) is 44.5 Å². The molecule has 8 heteroatoms. The number of nitrogens with one attached hydrogen (secondary N) is 1. The number of thiophene rings is 1. The Balaban J connectivity index is 1.47. The second kappa shape index (κ2) is 8.82. The number of hydrogen-bond acceptors (Lipinski definition) is 7. The van der Waals surface area contributed by atoms with Gasteiger partial charge in [0.1, 0.15) is 0 Å². The van der Waals surface area contributed by atoms with Crippen LogP contribution in [0.1, 0.15) is 12.1 Å². The number of nitrogens with zero attached hydrogens (tertiary/aromatic N) is 5. The van der Waals surface area contributed by atoms with Crippen LogP contribution in [-0.4, -0.2) is 37.3 Å². The van der Waals surface area contributed by atoms with Crippen molar-refractivity contribution in [2.24, 2.45) is 0 Å². The van der Waals surface area contributed by atoms with Gasteiger partial charge in [0, 0.05) is 30.1 Å². The van der Waals surface area contributed by atoms with Crippen LogP contribution < -0.4 is 5.32 Å². The normalized spacial score (nSPS) is 12.0. The predicted molar refractivity (Wildman–Crippen MR) is 114 cm³/mol. The molecular weight excluding hydrogens is 384 g/mol. The number of imidazole rings is 1. The number of benzene rings is 1. The molecule has 146 valence electrons. The van der Waals surface area contributed by atoms with Crippen LogP contribution in [0.25, 0.3) is 20.7 Å². The Morgan fingerprint density at radius 1 is 1.24 bits per heavy atom. The molecule has 0 aliphatic carbocycles. The summed E-state index contributed by atoms with van der Waals surface area (Å²) in [6, 6.07) is 14.1. The molecule has 0 spiro atoms. The summed E-state index contributed by atoms with van der Waals surface area (Å²) in [6.45, 7) is 0.544. The largest absolute Gasteiger partial charge is 0.394 e. The van der Waals surface area contributed by atoms with Gasteiger partial charge in [-0.05, 0) is 23.6 Å². The maximum atomic E-state index is 9.78. The lowest BCUT2D eigenvalue weighted by Crippen LogP contribution is -2.27. The maximum absolute atomic E-state index is 9.78. The standard InChI is InChI=1S/C21H20N6OS/c22-7-3-9-27-12-16(24-14-27)11-17(13-28)25-21-23-8-6-18(26-21)20-10-15-4-1-2-5-19(15)29-20/h1-2,4-6,8,10,12,14,17,28H,3,9,11,13H2,(H,23,25,26)/t17-/m0/s1. The van der Waals surface area contributed by atoms with Gasteiger partial charge in [0.05, 0.1) is 47.7 Å². The van der Waals surface area contributed by atoms with Gasteiger partial charge in [-0.15, -0.1) is 11.3 Å². The highest BCUT2D eigenvalue weighted by molar-refractivity contribution is 7.22. The van der Waals surface area contributed by atoms with Crippen LogP contribution in [0.15, 0.2) is 55.1 Å². The third kappa shape index (κ3) is 4.59. The van der Waals surface area contributed by atoms with Gasteiger partial charge in [-0.25, -0.2) is 15.0 Å². The van der Waals surface area contributed by atoms with Gasteiger partial charge in [0.15, 0.2) is 0 Å². The van der Waals surface area contributed by atoms with Gasteiger partial charge in [0.2, 0.25) is 5.95 Å². The Morgan fingerprint density at radius 3 is 2.97 bits per heavy atom.